The van der Waals surface area contributed by atoms with Gasteiger partial charge in [0, 0.05) is 5.56 Å². The summed E-state index contributed by atoms with van der Waals surface area (Å²) in [7, 11) is 0. The number of para-hydroxylation sites is 1. The smallest absolute Gasteiger partial charge is 0.338 e. The van der Waals surface area contributed by atoms with Crippen molar-refractivity contribution in [1.29, 1.82) is 0 Å². The Labute approximate surface area is 121 Å². The summed E-state index contributed by atoms with van der Waals surface area (Å²) in [6, 6.07) is 11.4. The molecule has 0 spiro atoms. The number of benzene rings is 2. The number of nitrogens with two attached hydrogens (primary N) is 1. The van der Waals surface area contributed by atoms with Crippen molar-refractivity contribution in [2.75, 3.05) is 18.9 Å². The van der Waals surface area contributed by atoms with E-state index in [1.807, 2.05) is 24.3 Å². The lowest BCUT2D eigenvalue weighted by Gasteiger charge is -2.10. The molecule has 0 amide bonds. The van der Waals surface area contributed by atoms with Crippen LogP contribution in [-0.4, -0.2) is 19.2 Å². The second kappa shape index (κ2) is 5.44. The van der Waals surface area contributed by atoms with Gasteiger partial charge in [0.15, 0.2) is 0 Å². The topological polar surface area (TPSA) is 61.6 Å². The Hall–Kier alpha value is -2.56. The van der Waals surface area contributed by atoms with Gasteiger partial charge < -0.3 is 15.2 Å². The summed E-state index contributed by atoms with van der Waals surface area (Å²) in [6.07, 6.45) is 0. The number of hydrogen-bond donors (Lipinski definition) is 1. The number of halogens is 1. The van der Waals surface area contributed by atoms with Gasteiger partial charge in [0.1, 0.15) is 18.2 Å². The first-order valence-electron chi connectivity index (χ1n) is 6.59. The van der Waals surface area contributed by atoms with E-state index in [2.05, 4.69) is 0 Å². The van der Waals surface area contributed by atoms with Crippen molar-refractivity contribution in [3.8, 4) is 5.75 Å². The van der Waals surface area contributed by atoms with Crippen LogP contribution in [0, 0.1) is 5.82 Å². The van der Waals surface area contributed by atoms with Crippen LogP contribution in [0.2, 0.25) is 0 Å². The lowest BCUT2D eigenvalue weighted by molar-refractivity contribution is 0.0470. The van der Waals surface area contributed by atoms with Gasteiger partial charge in [-0.15, -0.1) is 0 Å². The average molecular weight is 287 g/mol. The van der Waals surface area contributed by atoms with Crippen LogP contribution in [0.3, 0.4) is 0 Å². The maximum atomic E-state index is 13.1. The molecule has 1 atom stereocenters. The quantitative estimate of drug-likeness (QED) is 0.696. The van der Waals surface area contributed by atoms with Gasteiger partial charge in [0.2, 0.25) is 0 Å². The molecule has 0 saturated heterocycles. The minimum Gasteiger partial charge on any atom is -0.493 e. The lowest BCUT2D eigenvalue weighted by Crippen LogP contribution is -2.14. The van der Waals surface area contributed by atoms with Crippen LogP contribution in [-0.2, 0) is 4.74 Å². The normalized spacial score (nSPS) is 16.1. The van der Waals surface area contributed by atoms with Gasteiger partial charge in [-0.25, -0.2) is 9.18 Å². The standard InChI is InChI=1S/C16H14FNO3/c17-13-6-5-10(7-14(13)18)16(19)21-9-11-8-20-15-4-2-1-3-12(11)15/h1-7,11H,8-9,18H2. The number of anilines is 1. The highest BCUT2D eigenvalue weighted by Gasteiger charge is 2.25. The Morgan fingerprint density at radius 1 is 1.33 bits per heavy atom. The number of hydrogen-bond acceptors (Lipinski definition) is 4. The predicted octanol–water partition coefficient (Wildman–Crippen LogP) is 2.74. The molecule has 1 unspecified atom stereocenters. The van der Waals surface area contributed by atoms with Crippen LogP contribution in [0.1, 0.15) is 21.8 Å². The highest BCUT2D eigenvalue weighted by Crippen LogP contribution is 2.33. The van der Waals surface area contributed by atoms with Gasteiger partial charge in [-0.3, -0.25) is 0 Å². The van der Waals surface area contributed by atoms with Crippen molar-refractivity contribution >= 4 is 11.7 Å². The van der Waals surface area contributed by atoms with Crippen LogP contribution >= 0.6 is 0 Å². The molecule has 0 aliphatic carbocycles. The van der Waals surface area contributed by atoms with Crippen LogP contribution in [0.15, 0.2) is 42.5 Å². The summed E-state index contributed by atoms with van der Waals surface area (Å²) in [5, 5.41) is 0. The summed E-state index contributed by atoms with van der Waals surface area (Å²) in [6.45, 7) is 0.700. The van der Waals surface area contributed by atoms with E-state index < -0.39 is 11.8 Å². The van der Waals surface area contributed by atoms with E-state index in [9.17, 15) is 9.18 Å². The number of ether oxygens (including phenoxy) is 2. The van der Waals surface area contributed by atoms with E-state index in [1.54, 1.807) is 0 Å². The molecule has 2 aromatic carbocycles. The van der Waals surface area contributed by atoms with Crippen LogP contribution < -0.4 is 10.5 Å². The number of carbonyl (C=O) groups is 1. The minimum absolute atomic E-state index is 0.0166. The Morgan fingerprint density at radius 2 is 2.14 bits per heavy atom. The highest BCUT2D eigenvalue weighted by molar-refractivity contribution is 5.90. The maximum Gasteiger partial charge on any atom is 0.338 e. The second-order valence-corrected chi connectivity index (χ2v) is 4.88. The maximum absolute atomic E-state index is 13.1. The molecule has 1 heterocycles. The van der Waals surface area contributed by atoms with Crippen molar-refractivity contribution in [1.82, 2.24) is 0 Å². The fourth-order valence-electron chi connectivity index (χ4n) is 2.30. The summed E-state index contributed by atoms with van der Waals surface area (Å²) in [5.41, 5.74) is 6.64. The summed E-state index contributed by atoms with van der Waals surface area (Å²) >= 11 is 0. The Morgan fingerprint density at radius 3 is 2.95 bits per heavy atom. The first-order valence-corrected chi connectivity index (χ1v) is 6.59. The zero-order valence-corrected chi connectivity index (χ0v) is 11.2. The third kappa shape index (κ3) is 2.67. The molecular weight excluding hydrogens is 273 g/mol. The molecule has 0 radical (unpaired) electrons. The minimum atomic E-state index is -0.551. The number of carbonyl (C=O) groups excluding carboxylic acids is 1. The molecule has 21 heavy (non-hydrogen) atoms. The number of nitrogen functional groups attached to an aromatic ring is 1. The number of esters is 1. The molecule has 1 aliphatic heterocycles. The van der Waals surface area contributed by atoms with Gasteiger partial charge in [-0.2, -0.15) is 0 Å². The molecule has 1 aliphatic rings. The van der Waals surface area contributed by atoms with Crippen molar-refractivity contribution in [2.24, 2.45) is 0 Å². The third-order valence-corrected chi connectivity index (χ3v) is 3.45. The van der Waals surface area contributed by atoms with Crippen molar-refractivity contribution in [2.45, 2.75) is 5.92 Å². The van der Waals surface area contributed by atoms with Crippen LogP contribution in [0.5, 0.6) is 5.75 Å². The molecule has 3 rings (SSSR count). The Bertz CT molecular complexity index is 687. The summed E-state index contributed by atoms with van der Waals surface area (Å²) in [4.78, 5) is 11.9. The van der Waals surface area contributed by atoms with Crippen LogP contribution in [0.4, 0.5) is 10.1 Å². The van der Waals surface area contributed by atoms with E-state index in [1.165, 1.54) is 12.1 Å². The molecule has 108 valence electrons. The largest absolute Gasteiger partial charge is 0.493 e. The zero-order valence-electron chi connectivity index (χ0n) is 11.2. The molecule has 0 bridgehead atoms. The van der Waals surface area contributed by atoms with Gasteiger partial charge in [0.05, 0.1) is 23.8 Å². The van der Waals surface area contributed by atoms with Crippen LogP contribution in [0.25, 0.3) is 0 Å². The molecular formula is C16H14FNO3. The van der Waals surface area contributed by atoms with Crippen molar-refractivity contribution in [3.63, 3.8) is 0 Å². The highest BCUT2D eigenvalue weighted by atomic mass is 19.1. The Kier molecular flexibility index (Phi) is 3.48. The zero-order chi connectivity index (χ0) is 14.8. The predicted molar refractivity (Wildman–Crippen MR) is 75.8 cm³/mol. The SMILES string of the molecule is Nc1cc(C(=O)OCC2COc3ccccc32)ccc1F. The van der Waals surface area contributed by atoms with E-state index in [-0.39, 0.29) is 23.8 Å². The van der Waals surface area contributed by atoms with Crippen molar-refractivity contribution < 1.29 is 18.7 Å². The van der Waals surface area contributed by atoms with Gasteiger partial charge in [-0.05, 0) is 24.3 Å². The Balaban J connectivity index is 1.66. The van der Waals surface area contributed by atoms with Gasteiger partial charge in [0.25, 0.3) is 0 Å². The third-order valence-electron chi connectivity index (χ3n) is 3.45. The van der Waals surface area contributed by atoms with Crippen molar-refractivity contribution in [3.05, 3.63) is 59.4 Å². The van der Waals surface area contributed by atoms with Gasteiger partial charge >= 0.3 is 5.97 Å². The molecule has 0 aromatic heterocycles. The fourth-order valence-corrected chi connectivity index (χ4v) is 2.30. The van der Waals surface area contributed by atoms with Gasteiger partial charge in [-0.1, -0.05) is 18.2 Å². The molecule has 4 nitrogen and oxygen atoms in total. The molecule has 0 fully saturated rings. The van der Waals surface area contributed by atoms with E-state index in [0.717, 1.165) is 17.4 Å². The fraction of sp³-hybridized carbons (Fsp3) is 0.188. The monoisotopic (exact) mass is 287 g/mol. The molecule has 2 aromatic rings. The molecule has 0 saturated carbocycles. The molecule has 2 N–H and O–H groups in total. The lowest BCUT2D eigenvalue weighted by atomic mass is 10.0. The second-order valence-electron chi connectivity index (χ2n) is 4.88. The number of rotatable bonds is 3. The first kappa shape index (κ1) is 13.4. The summed E-state index contributed by atoms with van der Waals surface area (Å²) in [5.74, 6) is -0.233. The van der Waals surface area contributed by atoms with E-state index in [4.69, 9.17) is 15.2 Å². The van der Waals surface area contributed by atoms with E-state index in [0.29, 0.717) is 6.61 Å². The number of fused-ring (bicyclic) bond motifs is 1. The average Bonchev–Trinajstić information content (AvgIpc) is 2.91. The molecule has 5 heteroatoms. The van der Waals surface area contributed by atoms with E-state index >= 15 is 0 Å². The summed E-state index contributed by atoms with van der Waals surface area (Å²) < 4.78 is 23.9. The first-order chi connectivity index (χ1) is 10.1.